The van der Waals surface area contributed by atoms with E-state index < -0.39 is 0 Å². The van der Waals surface area contributed by atoms with Crippen LogP contribution in [-0.4, -0.2) is 31.2 Å². The number of hydrogen-bond donors (Lipinski definition) is 2. The van der Waals surface area contributed by atoms with E-state index in [1.54, 1.807) is 18.2 Å². The number of nitrogens with one attached hydrogen (secondary N) is 1. The fourth-order valence-corrected chi connectivity index (χ4v) is 5.24. The van der Waals surface area contributed by atoms with E-state index in [2.05, 4.69) is 22.3 Å². The smallest absolute Gasteiger partial charge is 0.228 e. The normalized spacial score (nSPS) is 19.8. The van der Waals surface area contributed by atoms with E-state index in [-0.39, 0.29) is 18.1 Å². The predicted octanol–water partition coefficient (Wildman–Crippen LogP) is 5.38. The molecule has 1 atom stereocenters. The molecule has 2 N–H and O–H groups in total. The van der Waals surface area contributed by atoms with Crippen molar-refractivity contribution in [1.29, 1.82) is 0 Å². The molecule has 1 aliphatic heterocycles. The van der Waals surface area contributed by atoms with Crippen LogP contribution in [0.4, 0.5) is 11.4 Å². The van der Waals surface area contributed by atoms with Crippen LogP contribution in [0.15, 0.2) is 42.5 Å². The third-order valence-corrected chi connectivity index (χ3v) is 6.88. The highest BCUT2D eigenvalue weighted by Gasteiger charge is 2.28. The number of phenols is 1. The first-order chi connectivity index (χ1) is 15.1. The first-order valence-electron chi connectivity index (χ1n) is 11.6. The Hall–Kier alpha value is -2.69. The molecule has 2 aliphatic rings. The van der Waals surface area contributed by atoms with Crippen molar-refractivity contribution in [2.45, 2.75) is 51.4 Å². The van der Waals surface area contributed by atoms with Crippen LogP contribution in [0.2, 0.25) is 0 Å². The third-order valence-electron chi connectivity index (χ3n) is 6.88. The highest BCUT2D eigenvalue weighted by molar-refractivity contribution is 5.92. The van der Waals surface area contributed by atoms with E-state index in [4.69, 9.17) is 4.74 Å². The predicted molar refractivity (Wildman–Crippen MR) is 125 cm³/mol. The summed E-state index contributed by atoms with van der Waals surface area (Å²) in [6.07, 6.45) is 9.84. The first kappa shape index (κ1) is 21.5. The molecule has 0 radical (unpaired) electrons. The van der Waals surface area contributed by atoms with E-state index in [0.717, 1.165) is 36.2 Å². The zero-order chi connectivity index (χ0) is 21.6. The minimum Gasteiger partial charge on any atom is -0.504 e. The summed E-state index contributed by atoms with van der Waals surface area (Å²) in [6.45, 7) is 2.23. The van der Waals surface area contributed by atoms with Crippen LogP contribution in [0.5, 0.6) is 11.5 Å². The van der Waals surface area contributed by atoms with Crippen molar-refractivity contribution in [3.05, 3.63) is 48.0 Å². The standard InChI is InChI=1S/C26H34N2O3/c1-31-25-15-19(12-13-24(25)29)16-26(30)27-22-10-5-11-23(17-22)28-14-6-9-21(18-28)20-7-3-2-4-8-20/h5,10-13,15,17,20-21,29H,2-4,6-9,14,16,18H2,1H3,(H,27,30). The molecule has 1 unspecified atom stereocenters. The maximum atomic E-state index is 12.6. The molecule has 5 nitrogen and oxygen atoms in total. The van der Waals surface area contributed by atoms with Gasteiger partial charge in [0.1, 0.15) is 0 Å². The zero-order valence-electron chi connectivity index (χ0n) is 18.5. The van der Waals surface area contributed by atoms with Crippen molar-refractivity contribution in [2.75, 3.05) is 30.4 Å². The number of carbonyl (C=O) groups is 1. The minimum absolute atomic E-state index is 0.0763. The van der Waals surface area contributed by atoms with Gasteiger partial charge in [-0.15, -0.1) is 0 Å². The van der Waals surface area contributed by atoms with E-state index in [1.807, 2.05) is 12.1 Å². The largest absolute Gasteiger partial charge is 0.504 e. The van der Waals surface area contributed by atoms with Gasteiger partial charge >= 0.3 is 0 Å². The second-order valence-electron chi connectivity index (χ2n) is 9.03. The minimum atomic E-state index is -0.0800. The third kappa shape index (κ3) is 5.52. The Kier molecular flexibility index (Phi) is 7.00. The summed E-state index contributed by atoms with van der Waals surface area (Å²) < 4.78 is 5.13. The van der Waals surface area contributed by atoms with Crippen LogP contribution in [0, 0.1) is 11.8 Å². The first-order valence-corrected chi connectivity index (χ1v) is 11.6. The lowest BCUT2D eigenvalue weighted by Gasteiger charge is -2.39. The van der Waals surface area contributed by atoms with Gasteiger partial charge in [0.25, 0.3) is 0 Å². The van der Waals surface area contributed by atoms with Gasteiger partial charge in [-0.1, -0.05) is 44.2 Å². The number of carbonyl (C=O) groups excluding carboxylic acids is 1. The molecule has 4 rings (SSSR count). The van der Waals surface area contributed by atoms with Gasteiger partial charge in [0.15, 0.2) is 11.5 Å². The van der Waals surface area contributed by atoms with Crippen LogP contribution in [0.1, 0.15) is 50.5 Å². The molecule has 31 heavy (non-hydrogen) atoms. The van der Waals surface area contributed by atoms with E-state index in [0.29, 0.717) is 5.75 Å². The fourth-order valence-electron chi connectivity index (χ4n) is 5.24. The van der Waals surface area contributed by atoms with Crippen LogP contribution in [-0.2, 0) is 11.2 Å². The Morgan fingerprint density at radius 2 is 1.87 bits per heavy atom. The van der Waals surface area contributed by atoms with Crippen molar-refractivity contribution in [3.8, 4) is 11.5 Å². The Labute approximate surface area is 185 Å². The van der Waals surface area contributed by atoms with Crippen molar-refractivity contribution in [2.24, 2.45) is 11.8 Å². The molecule has 1 saturated carbocycles. The number of ether oxygens (including phenoxy) is 1. The molecule has 0 bridgehead atoms. The number of rotatable bonds is 6. The summed E-state index contributed by atoms with van der Waals surface area (Å²) in [6, 6.07) is 13.2. The van der Waals surface area contributed by atoms with Crippen LogP contribution in [0.25, 0.3) is 0 Å². The van der Waals surface area contributed by atoms with Gasteiger partial charge in [-0.05, 0) is 60.6 Å². The Bertz CT molecular complexity index is 892. The van der Waals surface area contributed by atoms with Gasteiger partial charge in [0, 0.05) is 24.5 Å². The number of benzene rings is 2. The van der Waals surface area contributed by atoms with Crippen LogP contribution >= 0.6 is 0 Å². The molecular formula is C26H34N2O3. The Morgan fingerprint density at radius 1 is 1.06 bits per heavy atom. The fraction of sp³-hybridized carbons (Fsp3) is 0.500. The molecule has 5 heteroatoms. The van der Waals surface area contributed by atoms with Crippen molar-refractivity contribution in [1.82, 2.24) is 0 Å². The molecule has 0 aromatic heterocycles. The second kappa shape index (κ2) is 10.1. The van der Waals surface area contributed by atoms with Gasteiger partial charge in [0.05, 0.1) is 13.5 Å². The lowest BCUT2D eigenvalue weighted by Crippen LogP contribution is -2.39. The lowest BCUT2D eigenvalue weighted by molar-refractivity contribution is -0.115. The van der Waals surface area contributed by atoms with Crippen molar-refractivity contribution >= 4 is 17.3 Å². The molecule has 1 heterocycles. The molecule has 2 aromatic rings. The monoisotopic (exact) mass is 422 g/mol. The number of anilines is 2. The van der Waals surface area contributed by atoms with Crippen LogP contribution in [0.3, 0.4) is 0 Å². The van der Waals surface area contributed by atoms with E-state index >= 15 is 0 Å². The lowest BCUT2D eigenvalue weighted by atomic mass is 9.76. The summed E-state index contributed by atoms with van der Waals surface area (Å²) in [7, 11) is 1.50. The molecule has 1 saturated heterocycles. The number of hydrogen-bond acceptors (Lipinski definition) is 4. The van der Waals surface area contributed by atoms with Gasteiger partial charge in [-0.25, -0.2) is 0 Å². The van der Waals surface area contributed by atoms with Crippen molar-refractivity contribution < 1.29 is 14.6 Å². The maximum Gasteiger partial charge on any atom is 0.228 e. The molecule has 2 aromatic carbocycles. The summed E-state index contributed by atoms with van der Waals surface area (Å²) in [5.74, 6) is 2.07. The summed E-state index contributed by atoms with van der Waals surface area (Å²) in [5, 5.41) is 12.8. The molecule has 0 spiro atoms. The zero-order valence-corrected chi connectivity index (χ0v) is 18.5. The molecule has 1 amide bonds. The van der Waals surface area contributed by atoms with Crippen LogP contribution < -0.4 is 15.0 Å². The number of nitrogens with zero attached hydrogens (tertiary/aromatic N) is 1. The average molecular weight is 423 g/mol. The molecular weight excluding hydrogens is 388 g/mol. The summed E-state index contributed by atoms with van der Waals surface area (Å²) >= 11 is 0. The quantitative estimate of drug-likeness (QED) is 0.656. The number of methoxy groups -OCH3 is 1. The number of phenolic OH excluding ortho intramolecular Hbond substituents is 1. The summed E-state index contributed by atoms with van der Waals surface area (Å²) in [4.78, 5) is 15.1. The SMILES string of the molecule is COc1cc(CC(=O)Nc2cccc(N3CCCC(C4CCCCC4)C3)c2)ccc1O. The second-order valence-corrected chi connectivity index (χ2v) is 9.03. The number of aromatic hydroxyl groups is 1. The highest BCUT2D eigenvalue weighted by atomic mass is 16.5. The van der Waals surface area contributed by atoms with Gasteiger partial charge in [-0.3, -0.25) is 4.79 Å². The maximum absolute atomic E-state index is 12.6. The number of piperidine rings is 1. The van der Waals surface area contributed by atoms with E-state index in [1.165, 1.54) is 57.7 Å². The van der Waals surface area contributed by atoms with Gasteiger partial charge in [-0.2, -0.15) is 0 Å². The Balaban J connectivity index is 1.38. The number of amides is 1. The highest BCUT2D eigenvalue weighted by Crippen LogP contribution is 2.36. The van der Waals surface area contributed by atoms with Gasteiger partial charge < -0.3 is 20.1 Å². The molecule has 2 fully saturated rings. The summed E-state index contributed by atoms with van der Waals surface area (Å²) in [5.41, 5.74) is 2.83. The molecule has 1 aliphatic carbocycles. The Morgan fingerprint density at radius 3 is 2.68 bits per heavy atom. The molecule has 166 valence electrons. The van der Waals surface area contributed by atoms with Gasteiger partial charge in [0.2, 0.25) is 5.91 Å². The topological polar surface area (TPSA) is 61.8 Å². The van der Waals surface area contributed by atoms with E-state index in [9.17, 15) is 9.90 Å². The average Bonchev–Trinajstić information content (AvgIpc) is 2.81. The van der Waals surface area contributed by atoms with Crippen molar-refractivity contribution in [3.63, 3.8) is 0 Å².